The second kappa shape index (κ2) is 5.59. The third kappa shape index (κ3) is 2.87. The van der Waals surface area contributed by atoms with Crippen molar-refractivity contribution in [3.8, 4) is 6.07 Å². The number of oxime groups is 1. The smallest absolute Gasteiger partial charge is 0.353 e. The average Bonchev–Trinajstić information content (AvgIpc) is 2.91. The number of rotatable bonds is 3. The van der Waals surface area contributed by atoms with Crippen LogP contribution in [0.25, 0.3) is 0 Å². The van der Waals surface area contributed by atoms with Crippen LogP contribution < -0.4 is 5.32 Å². The van der Waals surface area contributed by atoms with Gasteiger partial charge in [0.25, 0.3) is 5.91 Å². The molecule has 20 heavy (non-hydrogen) atoms. The average molecular weight is 294 g/mol. The molecule has 0 saturated heterocycles. The Morgan fingerprint density at radius 2 is 2.30 bits per heavy atom. The number of carbonyl (C=O) groups is 2. The molecule has 1 aliphatic rings. The highest BCUT2D eigenvalue weighted by Gasteiger charge is 2.31. The van der Waals surface area contributed by atoms with Crippen molar-refractivity contribution < 1.29 is 19.5 Å². The van der Waals surface area contributed by atoms with E-state index >= 15 is 0 Å². The van der Waals surface area contributed by atoms with Gasteiger partial charge in [0, 0.05) is 6.42 Å². The van der Waals surface area contributed by atoms with E-state index in [0.29, 0.717) is 5.56 Å². The molecule has 1 unspecified atom stereocenters. The molecule has 0 bridgehead atoms. The van der Waals surface area contributed by atoms with Gasteiger partial charge in [-0.1, -0.05) is 16.8 Å². The Kier molecular flexibility index (Phi) is 3.86. The Bertz CT molecular complexity index is 651. The maximum absolute atomic E-state index is 11.9. The fourth-order valence-corrected chi connectivity index (χ4v) is 1.71. The molecule has 0 spiro atoms. The normalized spacial score (nSPS) is 16.8. The second-order valence-electron chi connectivity index (χ2n) is 3.94. The molecule has 102 valence electrons. The Hall–Kier alpha value is -2.59. The molecule has 0 aliphatic carbocycles. The van der Waals surface area contributed by atoms with Gasteiger partial charge in [-0.3, -0.25) is 4.79 Å². The van der Waals surface area contributed by atoms with Gasteiger partial charge in [-0.05, 0) is 18.2 Å². The molecule has 1 aromatic carbocycles. The van der Waals surface area contributed by atoms with Crippen LogP contribution in [0, 0.1) is 11.3 Å². The number of hydrogen-bond acceptors (Lipinski definition) is 5. The number of carboxylic acids is 1. The van der Waals surface area contributed by atoms with E-state index in [2.05, 4.69) is 10.5 Å². The molecule has 8 heteroatoms. The summed E-state index contributed by atoms with van der Waals surface area (Å²) in [5.41, 5.74) is 0.365. The lowest BCUT2D eigenvalue weighted by molar-refractivity contribution is -0.129. The maximum Gasteiger partial charge on any atom is 0.353 e. The van der Waals surface area contributed by atoms with E-state index < -0.39 is 18.0 Å². The molecule has 1 aliphatic heterocycles. The van der Waals surface area contributed by atoms with Crippen LogP contribution in [0.5, 0.6) is 0 Å². The highest BCUT2D eigenvalue weighted by molar-refractivity contribution is 6.36. The second-order valence-corrected chi connectivity index (χ2v) is 4.34. The lowest BCUT2D eigenvalue weighted by atomic mass is 10.1. The van der Waals surface area contributed by atoms with Crippen LogP contribution in [0.1, 0.15) is 12.0 Å². The monoisotopic (exact) mass is 293 g/mol. The molecule has 2 rings (SSSR count). The first-order valence-corrected chi connectivity index (χ1v) is 5.85. The van der Waals surface area contributed by atoms with Gasteiger partial charge in [-0.25, -0.2) is 4.79 Å². The summed E-state index contributed by atoms with van der Waals surface area (Å²) in [4.78, 5) is 27.3. The van der Waals surface area contributed by atoms with Crippen molar-refractivity contribution in [3.05, 3.63) is 28.8 Å². The molecule has 0 radical (unpaired) electrons. The van der Waals surface area contributed by atoms with Crippen molar-refractivity contribution in [2.24, 2.45) is 5.16 Å². The topological polar surface area (TPSA) is 112 Å². The zero-order chi connectivity index (χ0) is 14.7. The molecule has 1 atom stereocenters. The quantitative estimate of drug-likeness (QED) is 0.874. The van der Waals surface area contributed by atoms with E-state index in [1.807, 2.05) is 6.07 Å². The molecule has 0 fully saturated rings. The van der Waals surface area contributed by atoms with E-state index in [1.165, 1.54) is 18.2 Å². The molecule has 7 nitrogen and oxygen atoms in total. The Morgan fingerprint density at radius 3 is 2.90 bits per heavy atom. The summed E-state index contributed by atoms with van der Waals surface area (Å²) in [6.07, 6.45) is -1.15. The van der Waals surface area contributed by atoms with Crippen LogP contribution in [-0.4, -0.2) is 28.8 Å². The summed E-state index contributed by atoms with van der Waals surface area (Å²) in [6.45, 7) is 0. The summed E-state index contributed by atoms with van der Waals surface area (Å²) in [7, 11) is 0. The summed E-state index contributed by atoms with van der Waals surface area (Å²) in [5.74, 6) is -1.81. The van der Waals surface area contributed by atoms with Gasteiger partial charge in [0.2, 0.25) is 6.10 Å². The van der Waals surface area contributed by atoms with Crippen molar-refractivity contribution in [1.29, 1.82) is 5.26 Å². The Morgan fingerprint density at radius 1 is 1.55 bits per heavy atom. The van der Waals surface area contributed by atoms with Crippen molar-refractivity contribution in [2.75, 3.05) is 5.32 Å². The number of nitrogens with zero attached hydrogens (tertiary/aromatic N) is 2. The number of aliphatic carboxylic acids is 1. The van der Waals surface area contributed by atoms with E-state index in [9.17, 15) is 9.59 Å². The zero-order valence-corrected chi connectivity index (χ0v) is 10.7. The number of nitriles is 1. The molecular weight excluding hydrogens is 286 g/mol. The molecule has 2 N–H and O–H groups in total. The van der Waals surface area contributed by atoms with Crippen LogP contribution in [0.15, 0.2) is 23.4 Å². The predicted octanol–water partition coefficient (Wildman–Crippen LogP) is 1.38. The predicted molar refractivity (Wildman–Crippen MR) is 69.4 cm³/mol. The third-order valence-electron chi connectivity index (χ3n) is 2.56. The summed E-state index contributed by atoms with van der Waals surface area (Å²) >= 11 is 5.90. The van der Waals surface area contributed by atoms with Crippen molar-refractivity contribution >= 4 is 34.9 Å². The van der Waals surface area contributed by atoms with Gasteiger partial charge in [0.05, 0.1) is 22.3 Å². The fraction of sp³-hybridized carbons (Fsp3) is 0.167. The fourth-order valence-electron chi connectivity index (χ4n) is 1.55. The molecule has 0 saturated carbocycles. The lowest BCUT2D eigenvalue weighted by Crippen LogP contribution is -2.29. The minimum absolute atomic E-state index is 0.128. The number of benzene rings is 1. The van der Waals surface area contributed by atoms with Gasteiger partial charge in [-0.15, -0.1) is 0 Å². The van der Waals surface area contributed by atoms with Gasteiger partial charge in [-0.2, -0.15) is 5.26 Å². The molecular formula is C12H8ClN3O4. The van der Waals surface area contributed by atoms with Crippen LogP contribution >= 0.6 is 11.6 Å². The first-order valence-electron chi connectivity index (χ1n) is 5.47. The van der Waals surface area contributed by atoms with E-state index in [4.69, 9.17) is 26.8 Å². The highest BCUT2D eigenvalue weighted by Crippen LogP contribution is 2.24. The van der Waals surface area contributed by atoms with Crippen molar-refractivity contribution in [2.45, 2.75) is 12.5 Å². The maximum atomic E-state index is 11.9. The number of carbonyl (C=O) groups excluding carboxylic acids is 1. The molecule has 1 amide bonds. The minimum Gasteiger partial charge on any atom is -0.477 e. The van der Waals surface area contributed by atoms with E-state index in [1.54, 1.807) is 0 Å². The summed E-state index contributed by atoms with van der Waals surface area (Å²) in [6, 6.07) is 6.31. The molecule has 1 heterocycles. The van der Waals surface area contributed by atoms with Gasteiger partial charge < -0.3 is 15.3 Å². The van der Waals surface area contributed by atoms with Crippen molar-refractivity contribution in [1.82, 2.24) is 0 Å². The number of hydrogen-bond donors (Lipinski definition) is 2. The first kappa shape index (κ1) is 13.8. The zero-order valence-electron chi connectivity index (χ0n) is 9.96. The Balaban J connectivity index is 2.07. The minimum atomic E-state index is -1.23. The molecule has 0 aromatic heterocycles. The molecule has 1 aromatic rings. The third-order valence-corrected chi connectivity index (χ3v) is 2.89. The van der Waals surface area contributed by atoms with Gasteiger partial charge in [0.1, 0.15) is 0 Å². The van der Waals surface area contributed by atoms with Crippen LogP contribution in [-0.2, 0) is 14.4 Å². The number of nitrogens with one attached hydrogen (secondary N) is 1. The van der Waals surface area contributed by atoms with Crippen LogP contribution in [0.3, 0.4) is 0 Å². The lowest BCUT2D eigenvalue weighted by Gasteiger charge is -2.10. The standard InChI is InChI=1S/C12H8ClN3O4/c13-7-2-1-6(5-14)3-8(7)15-11(17)10-4-9(12(18)19)16-20-10/h1-3,10H,4H2,(H,15,17)(H,18,19). The largest absolute Gasteiger partial charge is 0.477 e. The van der Waals surface area contributed by atoms with Gasteiger partial charge in [0.15, 0.2) is 5.71 Å². The number of amides is 1. The van der Waals surface area contributed by atoms with Crippen LogP contribution in [0.2, 0.25) is 5.02 Å². The summed E-state index contributed by atoms with van der Waals surface area (Å²) < 4.78 is 0. The first-order chi connectivity index (χ1) is 9.51. The number of carboxylic acid groups (broad SMARTS) is 1. The Labute approximate surface area is 118 Å². The van der Waals surface area contributed by atoms with Crippen LogP contribution in [0.4, 0.5) is 5.69 Å². The van der Waals surface area contributed by atoms with Crippen molar-refractivity contribution in [3.63, 3.8) is 0 Å². The van der Waals surface area contributed by atoms with E-state index in [0.717, 1.165) is 0 Å². The van der Waals surface area contributed by atoms with Gasteiger partial charge >= 0.3 is 5.97 Å². The van der Waals surface area contributed by atoms with E-state index in [-0.39, 0.29) is 22.8 Å². The highest BCUT2D eigenvalue weighted by atomic mass is 35.5. The number of halogens is 1. The summed E-state index contributed by atoms with van der Waals surface area (Å²) in [5, 5.41) is 23.5. The SMILES string of the molecule is N#Cc1ccc(Cl)c(NC(=O)C2CC(C(=O)O)=NO2)c1. The number of anilines is 1.